The van der Waals surface area contributed by atoms with E-state index in [1.54, 1.807) is 6.33 Å². The Bertz CT molecular complexity index is 397. The molecular formula is C15H26N4. The van der Waals surface area contributed by atoms with Crippen LogP contribution in [-0.4, -0.2) is 16.5 Å². The molecule has 0 atom stereocenters. The molecular weight excluding hydrogens is 236 g/mol. The van der Waals surface area contributed by atoms with Gasteiger partial charge in [0.25, 0.3) is 0 Å². The van der Waals surface area contributed by atoms with Crippen LogP contribution in [0.5, 0.6) is 0 Å². The van der Waals surface area contributed by atoms with Crippen molar-refractivity contribution in [3.05, 3.63) is 11.9 Å². The van der Waals surface area contributed by atoms with Gasteiger partial charge >= 0.3 is 0 Å². The maximum atomic E-state index is 5.87. The van der Waals surface area contributed by atoms with Gasteiger partial charge in [0.1, 0.15) is 18.0 Å². The maximum absolute atomic E-state index is 5.87. The smallest absolute Gasteiger partial charge is 0.134 e. The standard InChI is InChI=1S/C15H26N4/c1-3-13-14(16)18-10-19-15(13)17-9-8-12-6-4-11(2)5-7-12/h10-12H,3-9H2,1-2H3,(H3,16,17,18,19). The molecule has 1 fully saturated rings. The van der Waals surface area contributed by atoms with Crippen molar-refractivity contribution in [1.82, 2.24) is 9.97 Å². The fraction of sp³-hybridized carbons (Fsp3) is 0.733. The molecule has 0 bridgehead atoms. The van der Waals surface area contributed by atoms with Crippen LogP contribution in [0.2, 0.25) is 0 Å². The predicted octanol–water partition coefficient (Wildman–Crippen LogP) is 3.25. The Morgan fingerprint density at radius 2 is 2.00 bits per heavy atom. The molecule has 0 aliphatic heterocycles. The highest BCUT2D eigenvalue weighted by Crippen LogP contribution is 2.30. The monoisotopic (exact) mass is 262 g/mol. The second-order valence-electron chi connectivity index (χ2n) is 5.78. The number of nitrogen functional groups attached to an aromatic ring is 1. The Morgan fingerprint density at radius 1 is 1.26 bits per heavy atom. The number of nitrogens with two attached hydrogens (primary N) is 1. The highest BCUT2D eigenvalue weighted by molar-refractivity contribution is 5.54. The Balaban J connectivity index is 1.81. The summed E-state index contributed by atoms with van der Waals surface area (Å²) >= 11 is 0. The lowest BCUT2D eigenvalue weighted by Crippen LogP contribution is -2.17. The van der Waals surface area contributed by atoms with E-state index in [4.69, 9.17) is 5.73 Å². The van der Waals surface area contributed by atoms with Gasteiger partial charge in [0.2, 0.25) is 0 Å². The zero-order valence-corrected chi connectivity index (χ0v) is 12.2. The number of rotatable bonds is 5. The molecule has 4 nitrogen and oxygen atoms in total. The van der Waals surface area contributed by atoms with E-state index >= 15 is 0 Å². The molecule has 1 heterocycles. The minimum atomic E-state index is 0.603. The molecule has 1 saturated carbocycles. The molecule has 0 aromatic carbocycles. The molecule has 1 aromatic heterocycles. The summed E-state index contributed by atoms with van der Waals surface area (Å²) in [5.41, 5.74) is 6.91. The van der Waals surface area contributed by atoms with Crippen LogP contribution in [-0.2, 0) is 6.42 Å². The van der Waals surface area contributed by atoms with E-state index in [0.717, 1.165) is 36.2 Å². The minimum Gasteiger partial charge on any atom is -0.383 e. The number of hydrogen-bond acceptors (Lipinski definition) is 4. The lowest BCUT2D eigenvalue weighted by atomic mass is 9.81. The molecule has 19 heavy (non-hydrogen) atoms. The van der Waals surface area contributed by atoms with Crippen LogP contribution in [0.15, 0.2) is 6.33 Å². The largest absolute Gasteiger partial charge is 0.383 e. The average Bonchev–Trinajstić information content (AvgIpc) is 2.41. The minimum absolute atomic E-state index is 0.603. The SMILES string of the molecule is CCc1c(N)ncnc1NCCC1CCC(C)CC1. The van der Waals surface area contributed by atoms with Crippen molar-refractivity contribution in [2.45, 2.75) is 52.4 Å². The molecule has 1 aliphatic carbocycles. The van der Waals surface area contributed by atoms with Gasteiger partial charge in [0, 0.05) is 12.1 Å². The summed E-state index contributed by atoms with van der Waals surface area (Å²) in [6, 6.07) is 0. The van der Waals surface area contributed by atoms with Gasteiger partial charge in [-0.05, 0) is 24.7 Å². The first-order chi connectivity index (χ1) is 9.20. The van der Waals surface area contributed by atoms with Crippen molar-refractivity contribution in [3.8, 4) is 0 Å². The van der Waals surface area contributed by atoms with E-state index in [-0.39, 0.29) is 0 Å². The van der Waals surface area contributed by atoms with E-state index in [2.05, 4.69) is 29.1 Å². The van der Waals surface area contributed by atoms with Crippen LogP contribution in [0.4, 0.5) is 11.6 Å². The van der Waals surface area contributed by atoms with Gasteiger partial charge in [-0.1, -0.05) is 39.5 Å². The van der Waals surface area contributed by atoms with Crippen LogP contribution in [0, 0.1) is 11.8 Å². The molecule has 3 N–H and O–H groups in total. The van der Waals surface area contributed by atoms with Crippen LogP contribution < -0.4 is 11.1 Å². The summed E-state index contributed by atoms with van der Waals surface area (Å²) in [5.74, 6) is 3.33. The second kappa shape index (κ2) is 6.73. The third-order valence-corrected chi connectivity index (χ3v) is 4.31. The van der Waals surface area contributed by atoms with Gasteiger partial charge in [-0.3, -0.25) is 0 Å². The summed E-state index contributed by atoms with van der Waals surface area (Å²) in [4.78, 5) is 8.35. The molecule has 1 aromatic rings. The van der Waals surface area contributed by atoms with Crippen molar-refractivity contribution in [2.24, 2.45) is 11.8 Å². The molecule has 0 saturated heterocycles. The van der Waals surface area contributed by atoms with E-state index < -0.39 is 0 Å². The number of aromatic nitrogens is 2. The lowest BCUT2D eigenvalue weighted by molar-refractivity contribution is 0.282. The highest BCUT2D eigenvalue weighted by Gasteiger charge is 2.17. The molecule has 0 radical (unpaired) electrons. The first-order valence-electron chi connectivity index (χ1n) is 7.54. The van der Waals surface area contributed by atoms with Crippen LogP contribution in [0.25, 0.3) is 0 Å². The molecule has 0 amide bonds. The summed E-state index contributed by atoms with van der Waals surface area (Å²) in [6.45, 7) is 5.44. The summed E-state index contributed by atoms with van der Waals surface area (Å²) in [6.07, 6.45) is 9.20. The summed E-state index contributed by atoms with van der Waals surface area (Å²) in [5, 5.41) is 3.43. The molecule has 4 heteroatoms. The fourth-order valence-electron chi connectivity index (χ4n) is 2.94. The van der Waals surface area contributed by atoms with E-state index in [0.29, 0.717) is 5.82 Å². The maximum Gasteiger partial charge on any atom is 0.134 e. The lowest BCUT2D eigenvalue weighted by Gasteiger charge is -2.26. The molecule has 0 spiro atoms. The molecule has 0 unspecified atom stereocenters. The number of nitrogens with zero attached hydrogens (tertiary/aromatic N) is 2. The van der Waals surface area contributed by atoms with Crippen molar-refractivity contribution < 1.29 is 0 Å². The summed E-state index contributed by atoms with van der Waals surface area (Å²) < 4.78 is 0. The fourth-order valence-corrected chi connectivity index (χ4v) is 2.94. The number of nitrogens with one attached hydrogen (secondary N) is 1. The number of anilines is 2. The topological polar surface area (TPSA) is 63.8 Å². The van der Waals surface area contributed by atoms with Crippen molar-refractivity contribution in [3.63, 3.8) is 0 Å². The van der Waals surface area contributed by atoms with Gasteiger partial charge in [0.05, 0.1) is 0 Å². The van der Waals surface area contributed by atoms with Crippen molar-refractivity contribution in [1.29, 1.82) is 0 Å². The van der Waals surface area contributed by atoms with Crippen molar-refractivity contribution >= 4 is 11.6 Å². The first-order valence-corrected chi connectivity index (χ1v) is 7.54. The van der Waals surface area contributed by atoms with Gasteiger partial charge in [-0.25, -0.2) is 9.97 Å². The summed E-state index contributed by atoms with van der Waals surface area (Å²) in [7, 11) is 0. The van der Waals surface area contributed by atoms with Crippen LogP contribution in [0.1, 0.15) is 51.5 Å². The van der Waals surface area contributed by atoms with Gasteiger partial charge in [-0.2, -0.15) is 0 Å². The van der Waals surface area contributed by atoms with Crippen LogP contribution >= 0.6 is 0 Å². The predicted molar refractivity (Wildman–Crippen MR) is 80.1 cm³/mol. The highest BCUT2D eigenvalue weighted by atomic mass is 15.0. The Labute approximate surface area is 116 Å². The molecule has 2 rings (SSSR count). The second-order valence-corrected chi connectivity index (χ2v) is 5.78. The van der Waals surface area contributed by atoms with Gasteiger partial charge in [0.15, 0.2) is 0 Å². The van der Waals surface area contributed by atoms with E-state index in [9.17, 15) is 0 Å². The normalized spacial score (nSPS) is 23.3. The number of hydrogen-bond donors (Lipinski definition) is 2. The van der Waals surface area contributed by atoms with Gasteiger partial charge in [-0.15, -0.1) is 0 Å². The average molecular weight is 262 g/mol. The zero-order chi connectivity index (χ0) is 13.7. The third kappa shape index (κ3) is 3.82. The first kappa shape index (κ1) is 14.1. The zero-order valence-electron chi connectivity index (χ0n) is 12.2. The van der Waals surface area contributed by atoms with Crippen LogP contribution in [0.3, 0.4) is 0 Å². The Morgan fingerprint density at radius 3 is 2.68 bits per heavy atom. The van der Waals surface area contributed by atoms with Gasteiger partial charge < -0.3 is 11.1 Å². The Hall–Kier alpha value is -1.32. The molecule has 1 aliphatic rings. The van der Waals surface area contributed by atoms with E-state index in [1.165, 1.54) is 32.1 Å². The van der Waals surface area contributed by atoms with E-state index in [1.807, 2.05) is 0 Å². The molecule has 106 valence electrons. The quantitative estimate of drug-likeness (QED) is 0.855. The van der Waals surface area contributed by atoms with Crippen molar-refractivity contribution in [2.75, 3.05) is 17.6 Å². The third-order valence-electron chi connectivity index (χ3n) is 4.31. The Kier molecular flexibility index (Phi) is 5.00.